The molecule has 0 aliphatic heterocycles. The van der Waals surface area contributed by atoms with Gasteiger partial charge < -0.3 is 33.7 Å². The molecule has 0 saturated carbocycles. The lowest BCUT2D eigenvalue weighted by Gasteiger charge is -2.37. The predicted molar refractivity (Wildman–Crippen MR) is 220 cm³/mol. The van der Waals surface area contributed by atoms with Crippen LogP contribution in [0.3, 0.4) is 0 Å². The molecule has 0 aromatic rings. The highest BCUT2D eigenvalue weighted by Gasteiger charge is 2.40. The Bertz CT molecular complexity index is 819. The molecule has 3 N–H and O–H groups in total. The first-order chi connectivity index (χ1) is 22.5. The van der Waals surface area contributed by atoms with Crippen LogP contribution in [-0.4, -0.2) is 105 Å². The van der Waals surface area contributed by atoms with Gasteiger partial charge in [-0.2, -0.15) is 0 Å². The summed E-state index contributed by atoms with van der Waals surface area (Å²) in [6, 6.07) is 3.20. The van der Waals surface area contributed by atoms with Crippen molar-refractivity contribution >= 4 is 90.7 Å². The molecule has 0 rings (SSSR count). The van der Waals surface area contributed by atoms with Crippen molar-refractivity contribution in [2.24, 2.45) is 0 Å². The molecule has 288 valence electrons. The minimum atomic E-state index is -1.99. The molecule has 0 spiro atoms. The number of carbonyl (C=O) groups excluding carboxylic acids is 3. The van der Waals surface area contributed by atoms with Crippen LogP contribution in [0.25, 0.3) is 0 Å². The summed E-state index contributed by atoms with van der Waals surface area (Å²) in [4.78, 5) is 32.9. The van der Waals surface area contributed by atoms with Crippen molar-refractivity contribution < 1.29 is 32.1 Å². The summed E-state index contributed by atoms with van der Waals surface area (Å²) < 4.78 is 23.0. The van der Waals surface area contributed by atoms with Crippen molar-refractivity contribution in [1.29, 1.82) is 0 Å². The van der Waals surface area contributed by atoms with Gasteiger partial charge in [0, 0.05) is 46.6 Å². The molecule has 16 heteroatoms. The maximum Gasteiger partial charge on any atom is 0.334 e. The highest BCUT2D eigenvalue weighted by atomic mass is 79.9. The van der Waals surface area contributed by atoms with E-state index in [1.807, 2.05) is 27.9 Å². The standard InChI is InChI=1S/C13H28BrNO2Si.C10H22BrNO3Si.C9H20BrNO2Si/c1-11(2)18(17-5,12(3)4)9-7-6-8-15-13(16)10-14;1-4-14-16(3,15-5-2)8-6-7-12-10(13)9-11;1-4-13-14(2,3)7-5-6-11-9(12)8-10/h11-12H,6-10H2,1-5H3,(H,15,16);4-9H2,1-3H3,(H,12,13);4-8H2,1-3H3,(H,11,12). The van der Waals surface area contributed by atoms with Gasteiger partial charge in [0.25, 0.3) is 0 Å². The number of hydrogen-bond acceptors (Lipinski definition) is 7. The Morgan fingerprint density at radius 3 is 1.29 bits per heavy atom. The van der Waals surface area contributed by atoms with Gasteiger partial charge in [-0.1, -0.05) is 81.9 Å². The second-order valence-corrected chi connectivity index (χ2v) is 27.2. The summed E-state index contributed by atoms with van der Waals surface area (Å²) in [6.45, 7) is 26.0. The average Bonchev–Trinajstić information content (AvgIpc) is 3.03. The molecular formula is C32H70Br3N3O7Si3. The molecule has 0 atom stereocenters. The summed E-state index contributed by atoms with van der Waals surface area (Å²) >= 11 is 9.35. The first-order valence-corrected chi connectivity index (χ1v) is 28.7. The lowest BCUT2D eigenvalue weighted by atomic mass is 10.3. The number of amides is 3. The van der Waals surface area contributed by atoms with Crippen LogP contribution < -0.4 is 16.0 Å². The molecule has 0 aromatic heterocycles. The molecule has 0 aliphatic rings. The molecule has 0 bridgehead atoms. The van der Waals surface area contributed by atoms with E-state index in [0.717, 1.165) is 57.5 Å². The third-order valence-electron chi connectivity index (χ3n) is 7.86. The number of alkyl halides is 3. The molecule has 0 aromatic carbocycles. The molecule has 10 nitrogen and oxygen atoms in total. The van der Waals surface area contributed by atoms with Crippen LogP contribution in [0.4, 0.5) is 0 Å². The summed E-state index contributed by atoms with van der Waals surface area (Å²) in [5, 5.41) is 9.66. The number of unbranched alkanes of at least 4 members (excludes halogenated alkanes) is 1. The van der Waals surface area contributed by atoms with Crippen LogP contribution in [0.15, 0.2) is 0 Å². The van der Waals surface area contributed by atoms with E-state index in [0.29, 0.717) is 46.8 Å². The van der Waals surface area contributed by atoms with Crippen LogP contribution in [0.1, 0.15) is 74.1 Å². The Labute approximate surface area is 322 Å². The van der Waals surface area contributed by atoms with Crippen molar-refractivity contribution in [3.63, 3.8) is 0 Å². The molecule has 0 aliphatic carbocycles. The Kier molecular flexibility index (Phi) is 35.2. The number of rotatable bonds is 25. The number of hydrogen-bond donors (Lipinski definition) is 3. The minimum Gasteiger partial charge on any atom is -0.419 e. The van der Waals surface area contributed by atoms with Gasteiger partial charge >= 0.3 is 8.56 Å². The highest BCUT2D eigenvalue weighted by molar-refractivity contribution is 9.09. The van der Waals surface area contributed by atoms with Crippen LogP contribution in [0, 0.1) is 0 Å². The van der Waals surface area contributed by atoms with Crippen LogP contribution in [-0.2, 0) is 32.1 Å². The molecular weight excluding hydrogens is 862 g/mol. The lowest BCUT2D eigenvalue weighted by molar-refractivity contribution is -0.119. The Hall–Kier alpha value is 0.341. The van der Waals surface area contributed by atoms with E-state index >= 15 is 0 Å². The van der Waals surface area contributed by atoms with Gasteiger partial charge in [0.2, 0.25) is 17.7 Å². The van der Waals surface area contributed by atoms with Crippen molar-refractivity contribution in [2.45, 2.75) is 123 Å². The fourth-order valence-corrected chi connectivity index (χ4v) is 14.8. The third kappa shape index (κ3) is 28.0. The van der Waals surface area contributed by atoms with Crippen molar-refractivity contribution in [3.05, 3.63) is 0 Å². The first kappa shape index (κ1) is 52.7. The second-order valence-electron chi connectivity index (χ2n) is 12.8. The van der Waals surface area contributed by atoms with E-state index in [2.05, 4.69) is 111 Å². The number of carbonyl (C=O) groups is 3. The zero-order valence-electron chi connectivity index (χ0n) is 32.0. The minimum absolute atomic E-state index is 0.0242. The fourth-order valence-electron chi connectivity index (χ4n) is 5.35. The number of nitrogens with one attached hydrogen (secondary N) is 3. The Morgan fingerprint density at radius 1 is 0.583 bits per heavy atom. The monoisotopic (exact) mass is 929 g/mol. The zero-order valence-corrected chi connectivity index (χ0v) is 39.7. The molecule has 0 fully saturated rings. The summed E-state index contributed by atoms with van der Waals surface area (Å²) in [5.41, 5.74) is 1.28. The second kappa shape index (κ2) is 32.0. The topological polar surface area (TPSA) is 124 Å². The van der Waals surface area contributed by atoms with Crippen LogP contribution >= 0.6 is 47.8 Å². The van der Waals surface area contributed by atoms with Crippen molar-refractivity contribution in [2.75, 3.05) is 62.6 Å². The van der Waals surface area contributed by atoms with E-state index in [-0.39, 0.29) is 17.7 Å². The summed E-state index contributed by atoms with van der Waals surface area (Å²) in [7, 11) is -3.20. The van der Waals surface area contributed by atoms with E-state index in [1.54, 1.807) is 0 Å². The van der Waals surface area contributed by atoms with Crippen LogP contribution in [0.5, 0.6) is 0 Å². The van der Waals surface area contributed by atoms with E-state index in [4.69, 9.17) is 17.7 Å². The van der Waals surface area contributed by atoms with Gasteiger partial charge in [0.05, 0.1) is 16.0 Å². The quantitative estimate of drug-likeness (QED) is 0.0485. The van der Waals surface area contributed by atoms with Gasteiger partial charge in [-0.25, -0.2) is 0 Å². The van der Waals surface area contributed by atoms with Crippen molar-refractivity contribution in [1.82, 2.24) is 16.0 Å². The molecule has 0 heterocycles. The molecule has 0 radical (unpaired) electrons. The molecule has 48 heavy (non-hydrogen) atoms. The van der Waals surface area contributed by atoms with E-state index < -0.39 is 25.2 Å². The van der Waals surface area contributed by atoms with Crippen LogP contribution in [0.2, 0.25) is 48.9 Å². The number of halogens is 3. The maximum atomic E-state index is 11.1. The maximum absolute atomic E-state index is 11.1. The molecule has 3 amide bonds. The van der Waals surface area contributed by atoms with Crippen molar-refractivity contribution in [3.8, 4) is 0 Å². The lowest BCUT2D eigenvalue weighted by Crippen LogP contribution is -2.43. The Balaban J connectivity index is -0.000000638. The highest BCUT2D eigenvalue weighted by Crippen LogP contribution is 2.37. The largest absolute Gasteiger partial charge is 0.419 e. The predicted octanol–water partition coefficient (Wildman–Crippen LogP) is 7.85. The zero-order chi connectivity index (χ0) is 37.7. The third-order valence-corrected chi connectivity index (χ3v) is 20.9. The van der Waals surface area contributed by atoms with E-state index in [1.165, 1.54) is 6.04 Å². The SMILES string of the molecule is CCO[Si](C)(C)CCCNC(=O)CBr.CCO[Si](C)(CCCNC(=O)CBr)OCC.CO[Si](CCCCNC(=O)CBr)(C(C)C)C(C)C. The summed E-state index contributed by atoms with van der Waals surface area (Å²) in [5.74, 6) is 0.148. The van der Waals surface area contributed by atoms with Gasteiger partial charge in [-0.3, -0.25) is 14.4 Å². The van der Waals surface area contributed by atoms with Gasteiger partial charge in [-0.05, 0) is 88.9 Å². The van der Waals surface area contributed by atoms with Gasteiger partial charge in [0.1, 0.15) is 0 Å². The smallest absolute Gasteiger partial charge is 0.334 e. The molecule has 0 unspecified atom stereocenters. The van der Waals surface area contributed by atoms with Gasteiger partial charge in [-0.15, -0.1) is 0 Å². The first-order valence-electron chi connectivity index (χ1n) is 17.4. The van der Waals surface area contributed by atoms with E-state index in [9.17, 15) is 14.4 Å². The Morgan fingerprint density at radius 2 is 0.958 bits per heavy atom. The normalized spacial score (nSPS) is 11.8. The van der Waals surface area contributed by atoms with Gasteiger partial charge in [0.15, 0.2) is 16.6 Å². The fraction of sp³-hybridized carbons (Fsp3) is 0.906. The summed E-state index contributed by atoms with van der Waals surface area (Å²) in [6.07, 6.45) is 4.09. The molecule has 0 saturated heterocycles. The average molecular weight is 933 g/mol.